The molecule has 1 aromatic carbocycles. The molecule has 120 valence electrons. The zero-order chi connectivity index (χ0) is 15.9. The smallest absolute Gasteiger partial charge is 0.305 e. The van der Waals surface area contributed by atoms with Crippen molar-refractivity contribution < 1.29 is 18.7 Å². The van der Waals surface area contributed by atoms with E-state index in [9.17, 15) is 14.0 Å². The third kappa shape index (κ3) is 4.29. The van der Waals surface area contributed by atoms with Crippen molar-refractivity contribution in [2.45, 2.75) is 44.6 Å². The molecule has 22 heavy (non-hydrogen) atoms. The summed E-state index contributed by atoms with van der Waals surface area (Å²) in [7, 11) is 1.35. The van der Waals surface area contributed by atoms with Gasteiger partial charge in [0, 0.05) is 19.4 Å². The molecule has 1 saturated heterocycles. The minimum Gasteiger partial charge on any atom is -0.469 e. The zero-order valence-electron chi connectivity index (χ0n) is 12.9. The molecule has 0 aliphatic carbocycles. The maximum absolute atomic E-state index is 13.1. The molecule has 0 radical (unpaired) electrons. The minimum absolute atomic E-state index is 0.0139. The van der Waals surface area contributed by atoms with Gasteiger partial charge in [0.25, 0.3) is 0 Å². The summed E-state index contributed by atoms with van der Waals surface area (Å²) in [5, 5.41) is 0. The first-order chi connectivity index (χ1) is 10.6. The number of methoxy groups -OCH3 is 1. The number of carbonyl (C=O) groups excluding carboxylic acids is 2. The largest absolute Gasteiger partial charge is 0.469 e. The van der Waals surface area contributed by atoms with Crippen LogP contribution in [0.2, 0.25) is 0 Å². The highest BCUT2D eigenvalue weighted by atomic mass is 19.1. The van der Waals surface area contributed by atoms with Crippen LogP contribution in [0.1, 0.15) is 50.1 Å². The summed E-state index contributed by atoms with van der Waals surface area (Å²) in [6.07, 6.45) is 4.05. The highest BCUT2D eigenvalue weighted by molar-refractivity contribution is 5.77. The molecule has 1 amide bonds. The van der Waals surface area contributed by atoms with Crippen LogP contribution in [-0.4, -0.2) is 30.4 Å². The van der Waals surface area contributed by atoms with Gasteiger partial charge in [-0.3, -0.25) is 9.59 Å². The Morgan fingerprint density at radius 3 is 2.64 bits per heavy atom. The number of hydrogen-bond donors (Lipinski definition) is 0. The first-order valence-corrected chi connectivity index (χ1v) is 7.73. The number of nitrogens with zero attached hydrogens (tertiary/aromatic N) is 1. The molecule has 0 N–H and O–H groups in total. The molecular formula is C17H22FNO3. The molecule has 5 heteroatoms. The van der Waals surface area contributed by atoms with Crippen LogP contribution in [0.25, 0.3) is 0 Å². The standard InChI is InChI=1S/C17H22FNO3/c1-22-17(21)7-4-6-16(20)19-12-3-2-5-15(19)13-8-10-14(18)11-9-13/h8-11,15H,2-7,12H2,1H3/t15-/m0/s1. The highest BCUT2D eigenvalue weighted by Crippen LogP contribution is 2.31. The maximum atomic E-state index is 13.1. The molecule has 0 aromatic heterocycles. The Morgan fingerprint density at radius 1 is 1.23 bits per heavy atom. The first-order valence-electron chi connectivity index (χ1n) is 7.73. The number of rotatable bonds is 5. The molecule has 2 rings (SSSR count). The normalized spacial score (nSPS) is 18.1. The lowest BCUT2D eigenvalue weighted by Crippen LogP contribution is -2.38. The van der Waals surface area contributed by atoms with E-state index in [1.165, 1.54) is 19.2 Å². The Hall–Kier alpha value is -1.91. The topological polar surface area (TPSA) is 46.6 Å². The molecule has 4 nitrogen and oxygen atoms in total. The van der Waals surface area contributed by atoms with Gasteiger partial charge in [-0.05, 0) is 43.4 Å². The van der Waals surface area contributed by atoms with Gasteiger partial charge in [0.2, 0.25) is 5.91 Å². The summed E-state index contributed by atoms with van der Waals surface area (Å²) < 4.78 is 17.6. The van der Waals surface area contributed by atoms with E-state index in [-0.39, 0.29) is 30.2 Å². The van der Waals surface area contributed by atoms with Gasteiger partial charge in [-0.25, -0.2) is 4.39 Å². The zero-order valence-corrected chi connectivity index (χ0v) is 12.9. The van der Waals surface area contributed by atoms with Gasteiger partial charge < -0.3 is 9.64 Å². The number of amides is 1. The molecule has 1 aromatic rings. The van der Waals surface area contributed by atoms with Crippen molar-refractivity contribution >= 4 is 11.9 Å². The monoisotopic (exact) mass is 307 g/mol. The van der Waals surface area contributed by atoms with Gasteiger partial charge in [-0.2, -0.15) is 0 Å². The van der Waals surface area contributed by atoms with Crippen molar-refractivity contribution in [1.29, 1.82) is 0 Å². The van der Waals surface area contributed by atoms with Crippen LogP contribution in [0, 0.1) is 5.82 Å². The van der Waals surface area contributed by atoms with Gasteiger partial charge in [0.15, 0.2) is 0 Å². The third-order valence-electron chi connectivity index (χ3n) is 4.08. The molecule has 0 saturated carbocycles. The second-order valence-corrected chi connectivity index (χ2v) is 5.58. The summed E-state index contributed by atoms with van der Waals surface area (Å²) in [5.74, 6) is -0.505. The van der Waals surface area contributed by atoms with Crippen molar-refractivity contribution in [2.75, 3.05) is 13.7 Å². The van der Waals surface area contributed by atoms with Crippen LogP contribution in [0.4, 0.5) is 4.39 Å². The molecule has 1 heterocycles. The number of benzene rings is 1. The number of likely N-dealkylation sites (tertiary alicyclic amines) is 1. The van der Waals surface area contributed by atoms with Crippen molar-refractivity contribution in [1.82, 2.24) is 4.90 Å². The average Bonchev–Trinajstić information content (AvgIpc) is 2.55. The van der Waals surface area contributed by atoms with Crippen LogP contribution in [0.15, 0.2) is 24.3 Å². The SMILES string of the molecule is COC(=O)CCCC(=O)N1CCCC[C@H]1c1ccc(F)cc1. The minimum atomic E-state index is -0.290. The number of piperidine rings is 1. The molecule has 1 fully saturated rings. The third-order valence-corrected chi connectivity index (χ3v) is 4.08. The summed E-state index contributed by atoms with van der Waals surface area (Å²) in [6, 6.07) is 6.38. The lowest BCUT2D eigenvalue weighted by molar-refractivity contribution is -0.141. The van der Waals surface area contributed by atoms with E-state index in [0.29, 0.717) is 12.8 Å². The molecule has 1 aliphatic rings. The molecule has 1 aliphatic heterocycles. The predicted molar refractivity (Wildman–Crippen MR) is 80.6 cm³/mol. The number of esters is 1. The maximum Gasteiger partial charge on any atom is 0.305 e. The van der Waals surface area contributed by atoms with Crippen LogP contribution in [0.5, 0.6) is 0 Å². The molecule has 0 spiro atoms. The highest BCUT2D eigenvalue weighted by Gasteiger charge is 2.27. The summed E-state index contributed by atoms with van der Waals surface area (Å²) >= 11 is 0. The van der Waals surface area contributed by atoms with E-state index in [1.54, 1.807) is 12.1 Å². The number of hydrogen-bond acceptors (Lipinski definition) is 3. The Labute approximate surface area is 130 Å². The van der Waals surface area contributed by atoms with E-state index in [0.717, 1.165) is 31.4 Å². The van der Waals surface area contributed by atoms with Gasteiger partial charge in [-0.15, -0.1) is 0 Å². The number of halogens is 1. The molecule has 0 bridgehead atoms. The van der Waals surface area contributed by atoms with Crippen molar-refractivity contribution in [3.05, 3.63) is 35.6 Å². The Morgan fingerprint density at radius 2 is 1.95 bits per heavy atom. The van der Waals surface area contributed by atoms with Crippen LogP contribution < -0.4 is 0 Å². The van der Waals surface area contributed by atoms with Crippen LogP contribution >= 0.6 is 0 Å². The van der Waals surface area contributed by atoms with E-state index >= 15 is 0 Å². The van der Waals surface area contributed by atoms with E-state index < -0.39 is 0 Å². The van der Waals surface area contributed by atoms with Crippen LogP contribution in [0.3, 0.4) is 0 Å². The van der Waals surface area contributed by atoms with Gasteiger partial charge in [0.05, 0.1) is 13.2 Å². The van der Waals surface area contributed by atoms with Crippen LogP contribution in [-0.2, 0) is 14.3 Å². The first kappa shape index (κ1) is 16.5. The Balaban J connectivity index is 1.98. The molecule has 1 atom stereocenters. The predicted octanol–water partition coefficient (Wildman–Crippen LogP) is 3.22. The summed E-state index contributed by atoms with van der Waals surface area (Å²) in [6.45, 7) is 0.721. The number of carbonyl (C=O) groups is 2. The lowest BCUT2D eigenvalue weighted by Gasteiger charge is -2.36. The summed E-state index contributed by atoms with van der Waals surface area (Å²) in [5.41, 5.74) is 0.974. The van der Waals surface area contributed by atoms with E-state index in [1.807, 2.05) is 4.90 Å². The lowest BCUT2D eigenvalue weighted by atomic mass is 9.94. The van der Waals surface area contributed by atoms with Gasteiger partial charge in [0.1, 0.15) is 5.82 Å². The second kappa shape index (κ2) is 7.92. The fourth-order valence-corrected chi connectivity index (χ4v) is 2.89. The van der Waals surface area contributed by atoms with E-state index in [4.69, 9.17) is 0 Å². The van der Waals surface area contributed by atoms with Crippen molar-refractivity contribution in [3.63, 3.8) is 0 Å². The second-order valence-electron chi connectivity index (χ2n) is 5.58. The molecule has 0 unspecified atom stereocenters. The summed E-state index contributed by atoms with van der Waals surface area (Å²) in [4.78, 5) is 25.4. The van der Waals surface area contributed by atoms with Crippen molar-refractivity contribution in [3.8, 4) is 0 Å². The Bertz CT molecular complexity index is 515. The van der Waals surface area contributed by atoms with Gasteiger partial charge >= 0.3 is 5.97 Å². The molecular weight excluding hydrogens is 285 g/mol. The van der Waals surface area contributed by atoms with Crippen molar-refractivity contribution in [2.24, 2.45) is 0 Å². The average molecular weight is 307 g/mol. The Kier molecular flexibility index (Phi) is 5.92. The number of ether oxygens (including phenoxy) is 1. The fraction of sp³-hybridized carbons (Fsp3) is 0.529. The fourth-order valence-electron chi connectivity index (χ4n) is 2.89. The quantitative estimate of drug-likeness (QED) is 0.785. The van der Waals surface area contributed by atoms with E-state index in [2.05, 4.69) is 4.74 Å². The van der Waals surface area contributed by atoms with Gasteiger partial charge in [-0.1, -0.05) is 12.1 Å².